The summed E-state index contributed by atoms with van der Waals surface area (Å²) in [7, 11) is 1.63. The van der Waals surface area contributed by atoms with Crippen LogP contribution >= 0.6 is 0 Å². The van der Waals surface area contributed by atoms with Crippen molar-refractivity contribution in [3.8, 4) is 0 Å². The van der Waals surface area contributed by atoms with Crippen molar-refractivity contribution in [2.45, 2.75) is 94.9 Å². The number of piperidine rings is 1. The van der Waals surface area contributed by atoms with E-state index in [1.54, 1.807) is 12.0 Å². The Morgan fingerprint density at radius 1 is 0.606 bits per heavy atom. The molecule has 20 nitrogen and oxygen atoms in total. The average Bonchev–Trinajstić information content (AvgIpc) is 3.35. The molecule has 3 rings (SSSR count). The van der Waals surface area contributed by atoms with Crippen LogP contribution in [0, 0.1) is 5.92 Å². The van der Waals surface area contributed by atoms with Gasteiger partial charge in [0.15, 0.2) is 0 Å². The number of rotatable bonds is 40. The maximum absolute atomic E-state index is 14.2. The Bertz CT molecular complexity index is 1770. The number of likely N-dealkylation sites (tertiary alicyclic amines) is 1. The van der Waals surface area contributed by atoms with Crippen LogP contribution in [0.4, 0.5) is 0 Å². The van der Waals surface area contributed by atoms with Gasteiger partial charge in [-0.2, -0.15) is 0 Å². The highest BCUT2D eigenvalue weighted by molar-refractivity contribution is 5.95. The van der Waals surface area contributed by atoms with Crippen LogP contribution in [0.2, 0.25) is 0 Å². The maximum atomic E-state index is 14.2. The highest BCUT2D eigenvalue weighted by atomic mass is 16.6. The smallest absolute Gasteiger partial charge is 0.323 e. The number of methoxy groups -OCH3 is 1. The van der Waals surface area contributed by atoms with E-state index in [0.29, 0.717) is 118 Å². The predicted molar refractivity (Wildman–Crippen MR) is 267 cm³/mol. The van der Waals surface area contributed by atoms with E-state index >= 15 is 0 Å². The summed E-state index contributed by atoms with van der Waals surface area (Å²) in [6, 6.07) is 14.6. The lowest BCUT2D eigenvalue weighted by Gasteiger charge is -2.38. The highest BCUT2D eigenvalue weighted by Gasteiger charge is 2.40. The van der Waals surface area contributed by atoms with E-state index in [-0.39, 0.29) is 57.0 Å². The number of carboxylic acids is 1. The van der Waals surface area contributed by atoms with Gasteiger partial charge in [-0.3, -0.25) is 24.0 Å². The second-order valence-corrected chi connectivity index (χ2v) is 18.0. The molecule has 0 unspecified atom stereocenters. The number of aliphatic carboxylic acids is 1. The first-order valence-electron chi connectivity index (χ1n) is 25.0. The minimum absolute atomic E-state index is 0.0311. The van der Waals surface area contributed by atoms with Gasteiger partial charge in [-0.25, -0.2) is 0 Å². The van der Waals surface area contributed by atoms with Crippen molar-refractivity contribution in [2.75, 3.05) is 119 Å². The van der Waals surface area contributed by atoms with E-state index in [0.717, 1.165) is 11.1 Å². The van der Waals surface area contributed by atoms with Crippen molar-refractivity contribution in [1.82, 2.24) is 26.2 Å². The molecule has 1 heterocycles. The van der Waals surface area contributed by atoms with Crippen LogP contribution in [0.1, 0.15) is 63.5 Å². The number of carbonyl (C=O) groups is 5. The van der Waals surface area contributed by atoms with Crippen LogP contribution in [0.25, 0.3) is 0 Å². The molecule has 1 aliphatic rings. The van der Waals surface area contributed by atoms with Crippen molar-refractivity contribution in [1.29, 1.82) is 0 Å². The van der Waals surface area contributed by atoms with Crippen LogP contribution < -0.4 is 32.7 Å². The Morgan fingerprint density at radius 3 is 1.55 bits per heavy atom. The number of unbranched alkanes of at least 4 members (excludes halogenated alkanes) is 1. The molecule has 4 atom stereocenters. The molecule has 20 heteroatoms. The first kappa shape index (κ1) is 60.7. The lowest BCUT2D eigenvalue weighted by molar-refractivity contribution is -0.148. The standard InChI is InChI=1S/C51H83N7O13/c1-39(2)36-44(57-48(61)45(38-41-14-8-5-9-15-41)56-46(59)42(52)37-40-12-6-4-7-13-40)47(60)55-43(49(62)58-21-17-51(53,18-22-58)50(63)64)16-10-11-19-54-20-23-66-26-27-68-30-31-70-34-35-71-33-32-69-29-28-67-25-24-65-3/h4-9,12-15,39,42-45,54H,10-11,16-38,52-53H2,1-3H3,(H,55,60)(H,56,59)(H,57,61)(H,63,64)/t42-,43-,44-,45-/m1/s1. The van der Waals surface area contributed by atoms with Crippen molar-refractivity contribution < 1.29 is 62.2 Å². The van der Waals surface area contributed by atoms with E-state index in [1.165, 1.54) is 0 Å². The summed E-state index contributed by atoms with van der Waals surface area (Å²) < 4.78 is 37.9. The van der Waals surface area contributed by atoms with Crippen molar-refractivity contribution in [3.63, 3.8) is 0 Å². The highest BCUT2D eigenvalue weighted by Crippen LogP contribution is 2.21. The van der Waals surface area contributed by atoms with Crippen molar-refractivity contribution in [2.24, 2.45) is 17.4 Å². The molecular formula is C51H83N7O13. The molecule has 1 saturated heterocycles. The van der Waals surface area contributed by atoms with E-state index in [9.17, 15) is 29.1 Å². The Hall–Kier alpha value is -4.61. The quantitative estimate of drug-likeness (QED) is 0.0463. The van der Waals surface area contributed by atoms with Gasteiger partial charge in [0.25, 0.3) is 0 Å². The van der Waals surface area contributed by atoms with Crippen LogP contribution in [-0.2, 0) is 70.0 Å². The number of nitrogens with zero attached hydrogens (tertiary/aromatic N) is 1. The molecule has 0 radical (unpaired) electrons. The Morgan fingerprint density at radius 2 is 1.06 bits per heavy atom. The van der Waals surface area contributed by atoms with Crippen molar-refractivity contribution >= 4 is 29.6 Å². The van der Waals surface area contributed by atoms with Gasteiger partial charge in [0.2, 0.25) is 23.6 Å². The summed E-state index contributed by atoms with van der Waals surface area (Å²) in [4.78, 5) is 69.2. The van der Waals surface area contributed by atoms with Gasteiger partial charge >= 0.3 is 5.97 Å². The number of carbonyl (C=O) groups excluding carboxylic acids is 4. The topological polar surface area (TPSA) is 274 Å². The van der Waals surface area contributed by atoms with Crippen LogP contribution in [-0.4, -0.2) is 188 Å². The summed E-state index contributed by atoms with van der Waals surface area (Å²) in [5, 5.41) is 21.7. The second kappa shape index (κ2) is 36.3. The van der Waals surface area contributed by atoms with Gasteiger partial charge in [0.1, 0.15) is 23.7 Å². The molecule has 9 N–H and O–H groups in total. The molecule has 71 heavy (non-hydrogen) atoms. The summed E-state index contributed by atoms with van der Waals surface area (Å²) in [5.74, 6) is -3.12. The molecular weight excluding hydrogens is 919 g/mol. The van der Waals surface area contributed by atoms with Crippen LogP contribution in [0.15, 0.2) is 60.7 Å². The maximum Gasteiger partial charge on any atom is 0.323 e. The largest absolute Gasteiger partial charge is 0.480 e. The fourth-order valence-corrected chi connectivity index (χ4v) is 7.58. The number of nitrogens with one attached hydrogen (secondary N) is 4. The molecule has 1 fully saturated rings. The first-order chi connectivity index (χ1) is 34.3. The molecule has 2 aromatic carbocycles. The van der Waals surface area contributed by atoms with Crippen LogP contribution in [0.5, 0.6) is 0 Å². The minimum Gasteiger partial charge on any atom is -0.480 e. The third-order valence-electron chi connectivity index (χ3n) is 11.7. The van der Waals surface area contributed by atoms with Gasteiger partial charge in [-0.1, -0.05) is 74.5 Å². The van der Waals surface area contributed by atoms with Crippen LogP contribution in [0.3, 0.4) is 0 Å². The predicted octanol–water partition coefficient (Wildman–Crippen LogP) is 1.21. The lowest BCUT2D eigenvalue weighted by atomic mass is 9.88. The molecule has 0 spiro atoms. The van der Waals surface area contributed by atoms with E-state index < -0.39 is 53.4 Å². The Balaban J connectivity index is 1.45. The second-order valence-electron chi connectivity index (χ2n) is 18.0. The summed E-state index contributed by atoms with van der Waals surface area (Å²) in [6.07, 6.45) is 2.37. The van der Waals surface area contributed by atoms with E-state index in [1.807, 2.05) is 74.5 Å². The number of hydrogen-bond acceptors (Lipinski definition) is 15. The third kappa shape index (κ3) is 26.1. The van der Waals surface area contributed by atoms with Gasteiger partial charge in [0.05, 0.1) is 91.9 Å². The number of benzene rings is 2. The zero-order valence-corrected chi connectivity index (χ0v) is 42.3. The molecule has 0 aromatic heterocycles. The van der Waals surface area contributed by atoms with Gasteiger partial charge in [0, 0.05) is 33.2 Å². The number of ether oxygens (including phenoxy) is 7. The normalized spacial score (nSPS) is 15.2. The minimum atomic E-state index is -1.44. The summed E-state index contributed by atoms with van der Waals surface area (Å²) >= 11 is 0. The van der Waals surface area contributed by atoms with Crippen molar-refractivity contribution in [3.05, 3.63) is 71.8 Å². The molecule has 2 aromatic rings. The van der Waals surface area contributed by atoms with Gasteiger partial charge in [-0.05, 0) is 68.5 Å². The Kier molecular flexibility index (Phi) is 31.1. The zero-order valence-electron chi connectivity index (χ0n) is 42.3. The Labute approximate surface area is 420 Å². The molecule has 4 amide bonds. The average molecular weight is 1000 g/mol. The first-order valence-corrected chi connectivity index (χ1v) is 25.0. The molecule has 400 valence electrons. The fourth-order valence-electron chi connectivity index (χ4n) is 7.58. The monoisotopic (exact) mass is 1000 g/mol. The molecule has 0 aliphatic carbocycles. The zero-order chi connectivity index (χ0) is 51.5. The lowest BCUT2D eigenvalue weighted by Crippen LogP contribution is -2.60. The SMILES string of the molecule is COCCOCCOCCOCCOCCOCCOCCNCCCC[C@@H](NC(=O)[C@@H](CC(C)C)NC(=O)[C@@H](Cc1ccccc1)NC(=O)[C@H](N)Cc1ccccc1)C(=O)N1CCC(N)(C(=O)O)CC1. The molecule has 0 saturated carbocycles. The summed E-state index contributed by atoms with van der Waals surface area (Å²) in [5.41, 5.74) is 12.7. The van der Waals surface area contributed by atoms with Gasteiger partial charge in [-0.15, -0.1) is 0 Å². The number of carboxylic acid groups (broad SMARTS) is 1. The van der Waals surface area contributed by atoms with E-state index in [2.05, 4.69) is 21.3 Å². The summed E-state index contributed by atoms with van der Waals surface area (Å²) in [6.45, 7) is 11.6. The number of amides is 4. The molecule has 1 aliphatic heterocycles. The number of nitrogens with two attached hydrogens (primary N) is 2. The van der Waals surface area contributed by atoms with Gasteiger partial charge < -0.3 is 75.9 Å². The number of hydrogen-bond donors (Lipinski definition) is 7. The molecule has 0 bridgehead atoms. The third-order valence-corrected chi connectivity index (χ3v) is 11.7. The fraction of sp³-hybridized carbons (Fsp3) is 0.667. The van der Waals surface area contributed by atoms with E-state index in [4.69, 9.17) is 44.6 Å².